The zero-order valence-electron chi connectivity index (χ0n) is 15.1. The molecule has 0 bridgehead atoms. The fourth-order valence-electron chi connectivity index (χ4n) is 2.32. The fraction of sp³-hybridized carbons (Fsp3) is 0.263. The summed E-state index contributed by atoms with van der Waals surface area (Å²) in [4.78, 5) is 24.2. The number of carbonyl (C=O) groups is 2. The molecule has 2 aromatic carbocycles. The van der Waals surface area contributed by atoms with Gasteiger partial charge in [-0.05, 0) is 31.2 Å². The minimum atomic E-state index is -0.651. The minimum Gasteiger partial charge on any atom is -0.497 e. The number of esters is 1. The highest BCUT2D eigenvalue weighted by Gasteiger charge is 2.16. The Morgan fingerprint density at radius 2 is 1.62 bits per heavy atom. The molecule has 2 rings (SSSR count). The van der Waals surface area contributed by atoms with Crippen LogP contribution in [0.25, 0.3) is 0 Å². The van der Waals surface area contributed by atoms with Crippen LogP contribution in [0.1, 0.15) is 15.9 Å². The summed E-state index contributed by atoms with van der Waals surface area (Å²) in [5.74, 6) is 0.493. The van der Waals surface area contributed by atoms with Crippen molar-refractivity contribution < 1.29 is 28.5 Å². The zero-order valence-corrected chi connectivity index (χ0v) is 15.1. The highest BCUT2D eigenvalue weighted by atomic mass is 16.5. The van der Waals surface area contributed by atoms with Crippen LogP contribution in [0.3, 0.4) is 0 Å². The summed E-state index contributed by atoms with van der Waals surface area (Å²) < 4.78 is 20.6. The Hall–Kier alpha value is -3.22. The Bertz CT molecular complexity index is 777. The van der Waals surface area contributed by atoms with Gasteiger partial charge in [0.2, 0.25) is 0 Å². The third kappa shape index (κ3) is 4.66. The van der Waals surface area contributed by atoms with Crippen LogP contribution in [0.4, 0.5) is 5.69 Å². The van der Waals surface area contributed by atoms with E-state index in [1.807, 2.05) is 6.92 Å². The Kier molecular flexibility index (Phi) is 6.43. The van der Waals surface area contributed by atoms with E-state index in [1.54, 1.807) is 36.4 Å². The van der Waals surface area contributed by atoms with Crippen LogP contribution in [0.15, 0.2) is 36.4 Å². The molecule has 1 N–H and O–H groups in total. The molecule has 0 aliphatic rings. The summed E-state index contributed by atoms with van der Waals surface area (Å²) >= 11 is 0. The van der Waals surface area contributed by atoms with E-state index in [9.17, 15) is 9.59 Å². The monoisotopic (exact) mass is 359 g/mol. The van der Waals surface area contributed by atoms with Crippen molar-refractivity contribution >= 4 is 17.6 Å². The molecule has 7 heteroatoms. The highest BCUT2D eigenvalue weighted by Crippen LogP contribution is 2.29. The molecule has 0 radical (unpaired) electrons. The van der Waals surface area contributed by atoms with Crippen molar-refractivity contribution in [2.24, 2.45) is 0 Å². The lowest BCUT2D eigenvalue weighted by Crippen LogP contribution is -2.21. The maximum absolute atomic E-state index is 12.2. The molecule has 138 valence electrons. The third-order valence-corrected chi connectivity index (χ3v) is 3.68. The zero-order chi connectivity index (χ0) is 19.1. The van der Waals surface area contributed by atoms with Crippen LogP contribution >= 0.6 is 0 Å². The second-order valence-corrected chi connectivity index (χ2v) is 5.36. The van der Waals surface area contributed by atoms with Crippen LogP contribution < -0.4 is 19.5 Å². The van der Waals surface area contributed by atoms with Gasteiger partial charge in [0.25, 0.3) is 5.91 Å². The van der Waals surface area contributed by atoms with Crippen LogP contribution in [-0.4, -0.2) is 39.8 Å². The van der Waals surface area contributed by atoms with Crippen LogP contribution in [-0.2, 0) is 9.53 Å². The summed E-state index contributed by atoms with van der Waals surface area (Å²) in [5.41, 5.74) is 1.55. The summed E-state index contributed by atoms with van der Waals surface area (Å²) in [6.45, 7) is 1.39. The number of anilines is 1. The SMILES string of the molecule is COc1cccc(NC(=O)COC(=O)c2cc(OC)c(C)c(OC)c2)c1. The number of carbonyl (C=O) groups excluding carboxylic acids is 2. The van der Waals surface area contributed by atoms with Gasteiger partial charge in [0.05, 0.1) is 26.9 Å². The molecular formula is C19H21NO6. The van der Waals surface area contributed by atoms with Crippen LogP contribution in [0.5, 0.6) is 17.2 Å². The van der Waals surface area contributed by atoms with E-state index in [0.717, 1.165) is 5.56 Å². The highest BCUT2D eigenvalue weighted by molar-refractivity contribution is 5.96. The lowest BCUT2D eigenvalue weighted by molar-refractivity contribution is -0.119. The number of hydrogen-bond acceptors (Lipinski definition) is 6. The quantitative estimate of drug-likeness (QED) is 0.766. The molecule has 0 saturated carbocycles. The van der Waals surface area contributed by atoms with E-state index in [1.165, 1.54) is 21.3 Å². The van der Waals surface area contributed by atoms with Gasteiger partial charge in [-0.3, -0.25) is 4.79 Å². The van der Waals surface area contributed by atoms with Gasteiger partial charge in [0, 0.05) is 17.3 Å². The van der Waals surface area contributed by atoms with Gasteiger partial charge in [0.15, 0.2) is 6.61 Å². The second kappa shape index (κ2) is 8.75. The molecule has 26 heavy (non-hydrogen) atoms. The maximum Gasteiger partial charge on any atom is 0.338 e. The molecule has 0 aromatic heterocycles. The third-order valence-electron chi connectivity index (χ3n) is 3.68. The first-order valence-electron chi connectivity index (χ1n) is 7.82. The van der Waals surface area contributed by atoms with Crippen LogP contribution in [0.2, 0.25) is 0 Å². The van der Waals surface area contributed by atoms with Crippen molar-refractivity contribution in [3.63, 3.8) is 0 Å². The molecule has 0 aliphatic carbocycles. The van der Waals surface area contributed by atoms with E-state index in [0.29, 0.717) is 22.9 Å². The summed E-state index contributed by atoms with van der Waals surface area (Å²) in [6, 6.07) is 9.95. The molecule has 0 unspecified atom stereocenters. The lowest BCUT2D eigenvalue weighted by atomic mass is 10.1. The molecule has 0 fully saturated rings. The Morgan fingerprint density at radius 3 is 2.19 bits per heavy atom. The van der Waals surface area contributed by atoms with Gasteiger partial charge >= 0.3 is 5.97 Å². The number of benzene rings is 2. The van der Waals surface area contributed by atoms with Gasteiger partial charge in [-0.2, -0.15) is 0 Å². The number of nitrogens with one attached hydrogen (secondary N) is 1. The molecule has 0 atom stereocenters. The van der Waals surface area contributed by atoms with Gasteiger partial charge in [-0.25, -0.2) is 4.79 Å². The van der Waals surface area contributed by atoms with Crippen molar-refractivity contribution in [1.82, 2.24) is 0 Å². The summed E-state index contributed by atoms with van der Waals surface area (Å²) in [7, 11) is 4.53. The van der Waals surface area contributed by atoms with Gasteiger partial charge in [0.1, 0.15) is 17.2 Å². The first kappa shape index (κ1) is 19.1. The smallest absolute Gasteiger partial charge is 0.338 e. The predicted octanol–water partition coefficient (Wildman–Crippen LogP) is 2.82. The first-order chi connectivity index (χ1) is 12.5. The molecule has 0 heterocycles. The maximum atomic E-state index is 12.2. The molecule has 0 saturated heterocycles. The van der Waals surface area contributed by atoms with Crippen LogP contribution in [0, 0.1) is 6.92 Å². The van der Waals surface area contributed by atoms with Gasteiger partial charge in [-0.1, -0.05) is 6.07 Å². The summed E-state index contributed by atoms with van der Waals surface area (Å²) in [5, 5.41) is 2.63. The van der Waals surface area contributed by atoms with Crippen molar-refractivity contribution in [1.29, 1.82) is 0 Å². The summed E-state index contributed by atoms with van der Waals surface area (Å²) in [6.07, 6.45) is 0. The molecule has 2 aromatic rings. The van der Waals surface area contributed by atoms with Crippen molar-refractivity contribution in [3.05, 3.63) is 47.5 Å². The minimum absolute atomic E-state index is 0.235. The van der Waals surface area contributed by atoms with Gasteiger partial charge < -0.3 is 24.3 Å². The topological polar surface area (TPSA) is 83.1 Å². The molecular weight excluding hydrogens is 338 g/mol. The van der Waals surface area contributed by atoms with Crippen molar-refractivity contribution in [2.75, 3.05) is 33.3 Å². The molecule has 0 spiro atoms. The number of ether oxygens (including phenoxy) is 4. The predicted molar refractivity (Wildman–Crippen MR) is 96.2 cm³/mol. The average molecular weight is 359 g/mol. The Labute approximate surface area is 151 Å². The fourth-order valence-corrected chi connectivity index (χ4v) is 2.32. The molecule has 1 amide bonds. The molecule has 7 nitrogen and oxygen atoms in total. The Morgan fingerprint density at radius 1 is 0.962 bits per heavy atom. The van der Waals surface area contributed by atoms with E-state index in [2.05, 4.69) is 5.32 Å². The number of methoxy groups -OCH3 is 3. The van der Waals surface area contributed by atoms with Crippen molar-refractivity contribution in [2.45, 2.75) is 6.92 Å². The average Bonchev–Trinajstić information content (AvgIpc) is 2.66. The van der Waals surface area contributed by atoms with Crippen molar-refractivity contribution in [3.8, 4) is 17.2 Å². The lowest BCUT2D eigenvalue weighted by Gasteiger charge is -2.12. The van der Waals surface area contributed by atoms with E-state index in [-0.39, 0.29) is 5.56 Å². The van der Waals surface area contributed by atoms with Gasteiger partial charge in [-0.15, -0.1) is 0 Å². The number of rotatable bonds is 7. The van der Waals surface area contributed by atoms with E-state index < -0.39 is 18.5 Å². The number of hydrogen-bond donors (Lipinski definition) is 1. The Balaban J connectivity index is 2.00. The second-order valence-electron chi connectivity index (χ2n) is 5.36. The largest absolute Gasteiger partial charge is 0.497 e. The van der Waals surface area contributed by atoms with E-state index >= 15 is 0 Å². The first-order valence-corrected chi connectivity index (χ1v) is 7.82. The van der Waals surface area contributed by atoms with E-state index in [4.69, 9.17) is 18.9 Å². The normalized spacial score (nSPS) is 10.0. The number of amides is 1. The molecule has 0 aliphatic heterocycles. The standard InChI is InChI=1S/C19H21NO6/c1-12-16(24-3)8-13(9-17(12)25-4)19(22)26-11-18(21)20-14-6-5-7-15(10-14)23-2/h5-10H,11H2,1-4H3,(H,20,21).